The maximum absolute atomic E-state index is 12.5. The number of nitrogens with zero attached hydrogens (tertiary/aromatic N) is 2. The highest BCUT2D eigenvalue weighted by Gasteiger charge is 2.46. The summed E-state index contributed by atoms with van der Waals surface area (Å²) >= 11 is 6.44. The van der Waals surface area contributed by atoms with Crippen LogP contribution in [0.15, 0.2) is 18.2 Å². The minimum Gasteiger partial charge on any atom is -0.454 e. The Morgan fingerprint density at radius 1 is 1.20 bits per heavy atom. The standard InChI is InChI=1S/C15H16N2O6S2/c1-3-20-13(18)16-12(25-15(24)17(16)14(19)21-4-2)9-5-6-10-11(7-9)23-8-22-10/h5-7,12H,3-4,8H2,1-2H3. The van der Waals surface area contributed by atoms with Gasteiger partial charge in [-0.2, -0.15) is 10.0 Å². The molecular formula is C15H16N2O6S2. The summed E-state index contributed by atoms with van der Waals surface area (Å²) in [5.74, 6) is 1.20. The van der Waals surface area contributed by atoms with Crippen LogP contribution >= 0.6 is 24.0 Å². The van der Waals surface area contributed by atoms with E-state index in [1.807, 2.05) is 0 Å². The van der Waals surface area contributed by atoms with Gasteiger partial charge < -0.3 is 18.9 Å². The van der Waals surface area contributed by atoms with Gasteiger partial charge in [-0.15, -0.1) is 0 Å². The first-order valence-corrected chi connectivity index (χ1v) is 8.88. The zero-order valence-corrected chi connectivity index (χ0v) is 15.2. The predicted octanol–water partition coefficient (Wildman–Crippen LogP) is 3.28. The predicted molar refractivity (Wildman–Crippen MR) is 93.2 cm³/mol. The molecule has 1 aromatic carbocycles. The number of hydrogen-bond acceptors (Lipinski definition) is 8. The number of carbonyl (C=O) groups excluding carboxylic acids is 2. The van der Waals surface area contributed by atoms with Crippen LogP contribution in [0, 0.1) is 0 Å². The third-order valence-electron chi connectivity index (χ3n) is 3.40. The Morgan fingerprint density at radius 3 is 2.60 bits per heavy atom. The smallest absolute Gasteiger partial charge is 0.435 e. The Kier molecular flexibility index (Phi) is 5.19. The monoisotopic (exact) mass is 384 g/mol. The summed E-state index contributed by atoms with van der Waals surface area (Å²) in [7, 11) is 0. The normalized spacial score (nSPS) is 18.5. The molecule has 1 aromatic rings. The molecule has 0 aromatic heterocycles. The van der Waals surface area contributed by atoms with Crippen molar-refractivity contribution in [3.05, 3.63) is 23.8 Å². The SMILES string of the molecule is CCOC(=O)N1C(=S)SC(c2ccc3c(c2)OCO3)N1C(=O)OCC. The molecule has 2 aliphatic heterocycles. The molecule has 1 saturated heterocycles. The molecule has 0 bridgehead atoms. The van der Waals surface area contributed by atoms with E-state index in [0.717, 1.165) is 15.6 Å². The van der Waals surface area contributed by atoms with Crippen molar-refractivity contribution in [1.82, 2.24) is 10.0 Å². The van der Waals surface area contributed by atoms with Crippen LogP contribution < -0.4 is 9.47 Å². The number of benzene rings is 1. The van der Waals surface area contributed by atoms with Gasteiger partial charge in [-0.3, -0.25) is 0 Å². The summed E-state index contributed by atoms with van der Waals surface area (Å²) < 4.78 is 21.0. The number of thiocarbonyl (C=S) groups is 1. The molecule has 3 rings (SSSR count). The van der Waals surface area contributed by atoms with Gasteiger partial charge in [-0.1, -0.05) is 30.0 Å². The Hall–Kier alpha value is -2.20. The molecule has 0 spiro atoms. The number of amides is 2. The van der Waals surface area contributed by atoms with Gasteiger partial charge in [0.15, 0.2) is 15.8 Å². The number of fused-ring (bicyclic) bond motifs is 1. The molecule has 134 valence electrons. The number of ether oxygens (including phenoxy) is 4. The molecule has 0 N–H and O–H groups in total. The second-order valence-corrected chi connectivity index (χ2v) is 6.62. The fourth-order valence-electron chi connectivity index (χ4n) is 2.38. The quantitative estimate of drug-likeness (QED) is 0.735. The first kappa shape index (κ1) is 17.6. The van der Waals surface area contributed by atoms with Crippen molar-refractivity contribution in [2.75, 3.05) is 20.0 Å². The van der Waals surface area contributed by atoms with Gasteiger partial charge in [0.2, 0.25) is 6.79 Å². The maximum atomic E-state index is 12.5. The fourth-order valence-corrected chi connectivity index (χ4v) is 3.83. The molecule has 2 aliphatic rings. The molecule has 2 amide bonds. The third-order valence-corrected chi connectivity index (χ3v) is 4.93. The Balaban J connectivity index is 1.95. The van der Waals surface area contributed by atoms with E-state index in [2.05, 4.69) is 0 Å². The van der Waals surface area contributed by atoms with Crippen molar-refractivity contribution in [3.63, 3.8) is 0 Å². The van der Waals surface area contributed by atoms with Crippen LogP contribution in [-0.2, 0) is 9.47 Å². The Morgan fingerprint density at radius 2 is 1.88 bits per heavy atom. The van der Waals surface area contributed by atoms with E-state index in [9.17, 15) is 9.59 Å². The first-order chi connectivity index (χ1) is 12.1. The molecule has 10 heteroatoms. The molecule has 1 atom stereocenters. The molecular weight excluding hydrogens is 368 g/mol. The number of hydrazine groups is 1. The van der Waals surface area contributed by atoms with E-state index in [1.54, 1.807) is 32.0 Å². The van der Waals surface area contributed by atoms with E-state index in [0.29, 0.717) is 11.5 Å². The van der Waals surface area contributed by atoms with E-state index < -0.39 is 17.6 Å². The average Bonchev–Trinajstić information content (AvgIpc) is 3.18. The maximum Gasteiger partial charge on any atom is 0.435 e. The largest absolute Gasteiger partial charge is 0.454 e. The molecule has 0 saturated carbocycles. The molecule has 8 nitrogen and oxygen atoms in total. The van der Waals surface area contributed by atoms with E-state index in [4.69, 9.17) is 31.2 Å². The summed E-state index contributed by atoms with van der Waals surface area (Å²) in [6, 6.07) is 5.29. The molecule has 25 heavy (non-hydrogen) atoms. The van der Waals surface area contributed by atoms with Crippen LogP contribution in [-0.4, -0.2) is 46.5 Å². The lowest BCUT2D eigenvalue weighted by atomic mass is 10.2. The molecule has 0 aliphatic carbocycles. The van der Waals surface area contributed by atoms with Crippen molar-refractivity contribution in [2.45, 2.75) is 19.2 Å². The summed E-state index contributed by atoms with van der Waals surface area (Å²) in [5, 5.41) is 1.61. The summed E-state index contributed by atoms with van der Waals surface area (Å²) in [5.41, 5.74) is 0.719. The second-order valence-electron chi connectivity index (χ2n) is 4.90. The Labute approximate surface area is 153 Å². The van der Waals surface area contributed by atoms with Crippen LogP contribution in [0.5, 0.6) is 11.5 Å². The molecule has 1 fully saturated rings. The zero-order chi connectivity index (χ0) is 18.0. The van der Waals surface area contributed by atoms with E-state index in [-0.39, 0.29) is 24.3 Å². The van der Waals surface area contributed by atoms with Gasteiger partial charge in [-0.25, -0.2) is 9.59 Å². The van der Waals surface area contributed by atoms with E-state index in [1.165, 1.54) is 11.8 Å². The zero-order valence-electron chi connectivity index (χ0n) is 13.6. The van der Waals surface area contributed by atoms with Gasteiger partial charge in [-0.05, 0) is 31.5 Å². The van der Waals surface area contributed by atoms with Gasteiger partial charge in [0.1, 0.15) is 5.37 Å². The highest BCUT2D eigenvalue weighted by Crippen LogP contribution is 2.45. The Bertz CT molecular complexity index is 713. The van der Waals surface area contributed by atoms with E-state index >= 15 is 0 Å². The summed E-state index contributed by atoms with van der Waals surface area (Å²) in [6.45, 7) is 3.83. The van der Waals surface area contributed by atoms with Crippen molar-refractivity contribution in [2.24, 2.45) is 0 Å². The molecule has 2 heterocycles. The lowest BCUT2D eigenvalue weighted by Crippen LogP contribution is -2.47. The average molecular weight is 384 g/mol. The lowest BCUT2D eigenvalue weighted by molar-refractivity contribution is 0.0189. The highest BCUT2D eigenvalue weighted by molar-refractivity contribution is 8.23. The van der Waals surface area contributed by atoms with Gasteiger partial charge >= 0.3 is 12.2 Å². The van der Waals surface area contributed by atoms with Crippen LogP contribution in [0.1, 0.15) is 24.8 Å². The minimum absolute atomic E-state index is 0.144. The second kappa shape index (κ2) is 7.36. The number of carbonyl (C=O) groups is 2. The van der Waals surface area contributed by atoms with Gasteiger partial charge in [0, 0.05) is 0 Å². The van der Waals surface area contributed by atoms with Crippen LogP contribution in [0.2, 0.25) is 0 Å². The van der Waals surface area contributed by atoms with Gasteiger partial charge in [0.05, 0.1) is 13.2 Å². The first-order valence-electron chi connectivity index (χ1n) is 7.59. The minimum atomic E-state index is -0.726. The summed E-state index contributed by atoms with van der Waals surface area (Å²) in [6.07, 6.45) is -1.41. The third kappa shape index (κ3) is 3.31. The number of thioether (sulfide) groups is 1. The lowest BCUT2D eigenvalue weighted by Gasteiger charge is -2.28. The van der Waals surface area contributed by atoms with Crippen LogP contribution in [0.25, 0.3) is 0 Å². The molecule has 0 radical (unpaired) electrons. The van der Waals surface area contributed by atoms with Crippen molar-refractivity contribution < 1.29 is 28.5 Å². The summed E-state index contributed by atoms with van der Waals surface area (Å²) in [4.78, 5) is 24.7. The van der Waals surface area contributed by atoms with Crippen molar-refractivity contribution in [1.29, 1.82) is 0 Å². The fraction of sp³-hybridized carbons (Fsp3) is 0.400. The molecule has 1 unspecified atom stereocenters. The highest BCUT2D eigenvalue weighted by atomic mass is 32.2. The topological polar surface area (TPSA) is 77.5 Å². The van der Waals surface area contributed by atoms with Crippen LogP contribution in [0.4, 0.5) is 9.59 Å². The van der Waals surface area contributed by atoms with Crippen LogP contribution in [0.3, 0.4) is 0 Å². The van der Waals surface area contributed by atoms with Crippen molar-refractivity contribution in [3.8, 4) is 11.5 Å². The number of rotatable bonds is 3. The van der Waals surface area contributed by atoms with Crippen molar-refractivity contribution >= 4 is 40.5 Å². The van der Waals surface area contributed by atoms with Gasteiger partial charge in [0.25, 0.3) is 0 Å². The number of hydrogen-bond donors (Lipinski definition) is 0.